The van der Waals surface area contributed by atoms with Crippen LogP contribution in [0.1, 0.15) is 17.0 Å². The number of rotatable bonds is 6. The molecule has 0 aliphatic carbocycles. The van der Waals surface area contributed by atoms with E-state index in [1.807, 2.05) is 25.1 Å². The molecular formula is C15H18N4O2. The summed E-state index contributed by atoms with van der Waals surface area (Å²) in [6, 6.07) is 7.38. The van der Waals surface area contributed by atoms with Gasteiger partial charge in [0.05, 0.1) is 24.1 Å². The molecule has 0 fully saturated rings. The molecule has 0 aliphatic heterocycles. The minimum Gasteiger partial charge on any atom is -0.483 e. The maximum atomic E-state index is 11.7. The van der Waals surface area contributed by atoms with Gasteiger partial charge >= 0.3 is 0 Å². The van der Waals surface area contributed by atoms with Gasteiger partial charge in [-0.05, 0) is 13.0 Å². The summed E-state index contributed by atoms with van der Waals surface area (Å²) in [6.45, 7) is 2.50. The molecule has 1 heterocycles. The number of hydrogen-bond donors (Lipinski definition) is 2. The van der Waals surface area contributed by atoms with E-state index in [0.29, 0.717) is 24.5 Å². The summed E-state index contributed by atoms with van der Waals surface area (Å²) in [7, 11) is 0. The second-order valence-corrected chi connectivity index (χ2v) is 4.53. The van der Waals surface area contributed by atoms with E-state index in [1.165, 1.54) is 0 Å². The second kappa shape index (κ2) is 7.35. The van der Waals surface area contributed by atoms with Crippen molar-refractivity contribution < 1.29 is 9.53 Å². The maximum absolute atomic E-state index is 11.7. The Kier molecular flexibility index (Phi) is 5.22. The van der Waals surface area contributed by atoms with Gasteiger partial charge in [0.25, 0.3) is 5.91 Å². The van der Waals surface area contributed by atoms with Crippen molar-refractivity contribution in [2.75, 3.05) is 6.61 Å². The quantitative estimate of drug-likeness (QED) is 0.824. The van der Waals surface area contributed by atoms with Gasteiger partial charge in [-0.2, -0.15) is 0 Å². The Balaban J connectivity index is 1.81. The van der Waals surface area contributed by atoms with Gasteiger partial charge in [0, 0.05) is 18.3 Å². The Morgan fingerprint density at radius 2 is 2.10 bits per heavy atom. The number of carbonyl (C=O) groups excluding carboxylic acids is 1. The van der Waals surface area contributed by atoms with Crippen molar-refractivity contribution >= 4 is 5.91 Å². The zero-order chi connectivity index (χ0) is 15.1. The van der Waals surface area contributed by atoms with Crippen LogP contribution in [0.5, 0.6) is 5.75 Å². The number of nitrogens with zero attached hydrogens (tertiary/aromatic N) is 2. The molecule has 0 unspecified atom stereocenters. The molecule has 0 aliphatic rings. The molecule has 2 rings (SSSR count). The molecule has 0 saturated carbocycles. The molecule has 0 spiro atoms. The SMILES string of the molecule is Cc1cnc(CNC(=O)COc2ccccc2CN)cn1. The fourth-order valence-corrected chi connectivity index (χ4v) is 1.71. The molecule has 110 valence electrons. The summed E-state index contributed by atoms with van der Waals surface area (Å²) in [6.07, 6.45) is 3.30. The number of para-hydroxylation sites is 1. The first kappa shape index (κ1) is 14.9. The summed E-state index contributed by atoms with van der Waals surface area (Å²) in [4.78, 5) is 20.0. The van der Waals surface area contributed by atoms with Crippen molar-refractivity contribution in [3.63, 3.8) is 0 Å². The van der Waals surface area contributed by atoms with Crippen LogP contribution in [0.25, 0.3) is 0 Å². The molecule has 0 saturated heterocycles. The van der Waals surface area contributed by atoms with Crippen LogP contribution in [0.3, 0.4) is 0 Å². The van der Waals surface area contributed by atoms with Crippen LogP contribution in [0, 0.1) is 6.92 Å². The minimum absolute atomic E-state index is 0.0592. The zero-order valence-electron chi connectivity index (χ0n) is 11.9. The summed E-state index contributed by atoms with van der Waals surface area (Å²) >= 11 is 0. The van der Waals surface area contributed by atoms with Crippen molar-refractivity contribution in [1.29, 1.82) is 0 Å². The Labute approximate surface area is 123 Å². The standard InChI is InChI=1S/C15H18N4O2/c1-11-7-18-13(8-17-11)9-19-15(20)10-21-14-5-3-2-4-12(14)6-16/h2-5,7-8H,6,9-10,16H2,1H3,(H,19,20). The molecule has 1 amide bonds. The fraction of sp³-hybridized carbons (Fsp3) is 0.267. The van der Waals surface area contributed by atoms with E-state index < -0.39 is 0 Å². The zero-order valence-corrected chi connectivity index (χ0v) is 11.9. The van der Waals surface area contributed by atoms with Gasteiger partial charge in [-0.15, -0.1) is 0 Å². The summed E-state index contributed by atoms with van der Waals surface area (Å²) < 4.78 is 5.47. The smallest absolute Gasteiger partial charge is 0.258 e. The summed E-state index contributed by atoms with van der Waals surface area (Å²) in [5.41, 5.74) is 8.02. The van der Waals surface area contributed by atoms with Crippen molar-refractivity contribution in [2.45, 2.75) is 20.0 Å². The normalized spacial score (nSPS) is 10.2. The lowest BCUT2D eigenvalue weighted by Crippen LogP contribution is -2.29. The average molecular weight is 286 g/mol. The van der Waals surface area contributed by atoms with E-state index in [1.54, 1.807) is 18.5 Å². The molecule has 1 aromatic carbocycles. The topological polar surface area (TPSA) is 90.1 Å². The van der Waals surface area contributed by atoms with E-state index in [9.17, 15) is 4.79 Å². The Morgan fingerprint density at radius 3 is 2.81 bits per heavy atom. The first-order valence-electron chi connectivity index (χ1n) is 6.64. The van der Waals surface area contributed by atoms with Crippen LogP contribution in [0.4, 0.5) is 0 Å². The molecule has 3 N–H and O–H groups in total. The molecule has 21 heavy (non-hydrogen) atoms. The lowest BCUT2D eigenvalue weighted by Gasteiger charge is -2.10. The predicted octanol–water partition coefficient (Wildman–Crippen LogP) is 0.939. The monoisotopic (exact) mass is 286 g/mol. The molecule has 0 bridgehead atoms. The summed E-state index contributed by atoms with van der Waals surface area (Å²) in [5, 5.41) is 2.73. The van der Waals surface area contributed by atoms with Gasteiger partial charge in [-0.25, -0.2) is 0 Å². The number of ether oxygens (including phenoxy) is 1. The highest BCUT2D eigenvalue weighted by Gasteiger charge is 2.06. The van der Waals surface area contributed by atoms with E-state index in [2.05, 4.69) is 15.3 Å². The highest BCUT2D eigenvalue weighted by atomic mass is 16.5. The average Bonchev–Trinajstić information content (AvgIpc) is 2.52. The van der Waals surface area contributed by atoms with E-state index in [4.69, 9.17) is 10.5 Å². The van der Waals surface area contributed by atoms with Gasteiger partial charge in [0.2, 0.25) is 0 Å². The highest BCUT2D eigenvalue weighted by Crippen LogP contribution is 2.16. The largest absolute Gasteiger partial charge is 0.483 e. The second-order valence-electron chi connectivity index (χ2n) is 4.53. The fourth-order valence-electron chi connectivity index (χ4n) is 1.71. The first-order chi connectivity index (χ1) is 10.2. The number of aryl methyl sites for hydroxylation is 1. The van der Waals surface area contributed by atoms with E-state index >= 15 is 0 Å². The van der Waals surface area contributed by atoms with Crippen LogP contribution in [0.2, 0.25) is 0 Å². The number of nitrogens with two attached hydrogens (primary N) is 1. The van der Waals surface area contributed by atoms with Crippen molar-refractivity contribution in [2.24, 2.45) is 5.73 Å². The van der Waals surface area contributed by atoms with Crippen LogP contribution in [-0.4, -0.2) is 22.5 Å². The third-order valence-corrected chi connectivity index (χ3v) is 2.85. The first-order valence-corrected chi connectivity index (χ1v) is 6.64. The van der Waals surface area contributed by atoms with Crippen LogP contribution in [0.15, 0.2) is 36.7 Å². The summed E-state index contributed by atoms with van der Waals surface area (Å²) in [5.74, 6) is 0.412. The molecule has 0 atom stereocenters. The molecule has 0 radical (unpaired) electrons. The van der Waals surface area contributed by atoms with Gasteiger partial charge < -0.3 is 15.8 Å². The van der Waals surface area contributed by atoms with Crippen LogP contribution in [-0.2, 0) is 17.9 Å². The minimum atomic E-state index is -0.218. The lowest BCUT2D eigenvalue weighted by molar-refractivity contribution is -0.123. The number of benzene rings is 1. The number of nitrogens with one attached hydrogen (secondary N) is 1. The van der Waals surface area contributed by atoms with Crippen LogP contribution >= 0.6 is 0 Å². The number of amides is 1. The molecule has 6 nitrogen and oxygen atoms in total. The van der Waals surface area contributed by atoms with Crippen molar-refractivity contribution in [1.82, 2.24) is 15.3 Å². The highest BCUT2D eigenvalue weighted by molar-refractivity contribution is 5.77. The van der Waals surface area contributed by atoms with Crippen molar-refractivity contribution in [3.05, 3.63) is 53.6 Å². The Hall–Kier alpha value is -2.47. The van der Waals surface area contributed by atoms with Gasteiger partial charge in [0.15, 0.2) is 6.61 Å². The van der Waals surface area contributed by atoms with E-state index in [0.717, 1.165) is 11.3 Å². The molecule has 6 heteroatoms. The predicted molar refractivity (Wildman–Crippen MR) is 78.4 cm³/mol. The van der Waals surface area contributed by atoms with Gasteiger partial charge in [-0.3, -0.25) is 14.8 Å². The molecule has 2 aromatic rings. The van der Waals surface area contributed by atoms with Crippen molar-refractivity contribution in [3.8, 4) is 5.75 Å². The molecular weight excluding hydrogens is 268 g/mol. The third-order valence-electron chi connectivity index (χ3n) is 2.85. The third kappa shape index (κ3) is 4.54. The molecule has 1 aromatic heterocycles. The Morgan fingerprint density at radius 1 is 1.29 bits per heavy atom. The van der Waals surface area contributed by atoms with Gasteiger partial charge in [0.1, 0.15) is 5.75 Å². The van der Waals surface area contributed by atoms with Gasteiger partial charge in [-0.1, -0.05) is 18.2 Å². The maximum Gasteiger partial charge on any atom is 0.258 e. The lowest BCUT2D eigenvalue weighted by atomic mass is 10.2. The van der Waals surface area contributed by atoms with E-state index in [-0.39, 0.29) is 12.5 Å². The van der Waals surface area contributed by atoms with Crippen LogP contribution < -0.4 is 15.8 Å². The number of aromatic nitrogens is 2. The number of carbonyl (C=O) groups is 1. The Bertz CT molecular complexity index is 599. The number of hydrogen-bond acceptors (Lipinski definition) is 5.